The van der Waals surface area contributed by atoms with Gasteiger partial charge in [0.15, 0.2) is 0 Å². The van der Waals surface area contributed by atoms with Crippen molar-refractivity contribution < 1.29 is 4.79 Å². The largest absolute Gasteiger partial charge is 0.398 e. The number of nitrogens with one attached hydrogen (secondary N) is 1. The number of benzene rings is 1. The SMILES string of the molecule is C#CC1(NC(=O)c2ccccc2N)CCCCC1. The molecule has 1 aliphatic carbocycles. The molecule has 1 fully saturated rings. The molecule has 1 aromatic rings. The van der Waals surface area contributed by atoms with E-state index in [0.29, 0.717) is 11.3 Å². The summed E-state index contributed by atoms with van der Waals surface area (Å²) >= 11 is 0. The highest BCUT2D eigenvalue weighted by Crippen LogP contribution is 2.28. The summed E-state index contributed by atoms with van der Waals surface area (Å²) in [5.74, 6) is 2.59. The summed E-state index contributed by atoms with van der Waals surface area (Å²) in [5.41, 5.74) is 6.29. The van der Waals surface area contributed by atoms with E-state index in [0.717, 1.165) is 25.7 Å². The quantitative estimate of drug-likeness (QED) is 0.617. The van der Waals surface area contributed by atoms with Crippen LogP contribution in [0.4, 0.5) is 5.69 Å². The molecule has 3 heteroatoms. The highest BCUT2D eigenvalue weighted by molar-refractivity contribution is 5.99. The molecule has 2 rings (SSSR count). The van der Waals surface area contributed by atoms with E-state index in [1.54, 1.807) is 18.2 Å². The molecule has 0 atom stereocenters. The van der Waals surface area contributed by atoms with Crippen LogP contribution in [0.15, 0.2) is 24.3 Å². The van der Waals surface area contributed by atoms with E-state index in [1.807, 2.05) is 6.07 Å². The number of nitrogen functional groups attached to an aromatic ring is 1. The Morgan fingerprint density at radius 2 is 1.94 bits per heavy atom. The van der Waals surface area contributed by atoms with E-state index >= 15 is 0 Å². The fourth-order valence-electron chi connectivity index (χ4n) is 2.45. The number of carbonyl (C=O) groups is 1. The molecule has 0 bridgehead atoms. The third-order valence-corrected chi connectivity index (χ3v) is 3.54. The molecule has 3 N–H and O–H groups in total. The van der Waals surface area contributed by atoms with Gasteiger partial charge in [-0.1, -0.05) is 37.3 Å². The maximum atomic E-state index is 12.2. The average molecular weight is 242 g/mol. The van der Waals surface area contributed by atoms with Crippen molar-refractivity contribution in [1.29, 1.82) is 0 Å². The van der Waals surface area contributed by atoms with Gasteiger partial charge in [0.2, 0.25) is 0 Å². The Morgan fingerprint density at radius 1 is 1.28 bits per heavy atom. The predicted molar refractivity (Wildman–Crippen MR) is 73.0 cm³/mol. The molecular weight excluding hydrogens is 224 g/mol. The summed E-state index contributed by atoms with van der Waals surface area (Å²) in [5, 5.41) is 2.98. The predicted octanol–water partition coefficient (Wildman–Crippen LogP) is 2.33. The van der Waals surface area contributed by atoms with Crippen molar-refractivity contribution in [1.82, 2.24) is 5.32 Å². The topological polar surface area (TPSA) is 55.1 Å². The standard InChI is InChI=1S/C15H18N2O/c1-2-15(10-6-3-7-11-15)17-14(18)12-8-4-5-9-13(12)16/h1,4-5,8-9H,3,6-7,10-11,16H2,(H,17,18). The normalized spacial score (nSPS) is 17.7. The summed E-state index contributed by atoms with van der Waals surface area (Å²) in [6.45, 7) is 0. The molecule has 0 heterocycles. The van der Waals surface area contributed by atoms with Gasteiger partial charge in [0.1, 0.15) is 5.54 Å². The number of nitrogens with two attached hydrogens (primary N) is 1. The Morgan fingerprint density at radius 3 is 2.56 bits per heavy atom. The number of para-hydroxylation sites is 1. The molecule has 94 valence electrons. The molecule has 1 aromatic carbocycles. The average Bonchev–Trinajstić information content (AvgIpc) is 2.40. The van der Waals surface area contributed by atoms with Gasteiger partial charge in [-0.15, -0.1) is 6.42 Å². The first kappa shape index (κ1) is 12.5. The lowest BCUT2D eigenvalue weighted by Crippen LogP contribution is -2.48. The summed E-state index contributed by atoms with van der Waals surface area (Å²) in [4.78, 5) is 12.2. The Labute approximate surface area is 108 Å². The van der Waals surface area contributed by atoms with E-state index in [2.05, 4.69) is 11.2 Å². The lowest BCUT2D eigenvalue weighted by molar-refractivity contribution is 0.0905. The van der Waals surface area contributed by atoms with Gasteiger partial charge in [-0.2, -0.15) is 0 Å². The summed E-state index contributed by atoms with van der Waals surface area (Å²) < 4.78 is 0. The Kier molecular flexibility index (Phi) is 3.57. The van der Waals surface area contributed by atoms with Gasteiger partial charge in [-0.05, 0) is 25.0 Å². The molecule has 0 radical (unpaired) electrons. The number of rotatable bonds is 2. The Bertz CT molecular complexity index is 482. The zero-order chi connectivity index (χ0) is 13.0. The minimum atomic E-state index is -0.488. The number of hydrogen-bond acceptors (Lipinski definition) is 2. The number of amides is 1. The van der Waals surface area contributed by atoms with Gasteiger partial charge in [-0.25, -0.2) is 0 Å². The lowest BCUT2D eigenvalue weighted by Gasteiger charge is -2.33. The first-order valence-corrected chi connectivity index (χ1v) is 6.32. The van der Waals surface area contributed by atoms with Crippen LogP contribution >= 0.6 is 0 Å². The van der Waals surface area contributed by atoms with Crippen LogP contribution in [-0.4, -0.2) is 11.4 Å². The van der Waals surface area contributed by atoms with Crippen molar-refractivity contribution in [2.24, 2.45) is 0 Å². The molecule has 1 saturated carbocycles. The van der Waals surface area contributed by atoms with Crippen LogP contribution < -0.4 is 11.1 Å². The second-order valence-corrected chi connectivity index (χ2v) is 4.83. The van der Waals surface area contributed by atoms with Crippen LogP contribution in [0.2, 0.25) is 0 Å². The zero-order valence-electron chi connectivity index (χ0n) is 10.4. The molecule has 18 heavy (non-hydrogen) atoms. The van der Waals surface area contributed by atoms with E-state index in [1.165, 1.54) is 6.42 Å². The van der Waals surface area contributed by atoms with Gasteiger partial charge in [0.05, 0.1) is 5.56 Å². The number of hydrogen-bond donors (Lipinski definition) is 2. The molecule has 3 nitrogen and oxygen atoms in total. The van der Waals surface area contributed by atoms with E-state index in [4.69, 9.17) is 12.2 Å². The Balaban J connectivity index is 2.16. The van der Waals surface area contributed by atoms with E-state index in [9.17, 15) is 4.79 Å². The first-order valence-electron chi connectivity index (χ1n) is 6.32. The molecule has 1 aliphatic rings. The molecule has 0 spiro atoms. The van der Waals surface area contributed by atoms with Crippen LogP contribution in [0.5, 0.6) is 0 Å². The van der Waals surface area contributed by atoms with Crippen molar-refractivity contribution in [3.8, 4) is 12.3 Å². The lowest BCUT2D eigenvalue weighted by atomic mass is 9.82. The van der Waals surface area contributed by atoms with Crippen LogP contribution in [0.3, 0.4) is 0 Å². The fraction of sp³-hybridized carbons (Fsp3) is 0.400. The van der Waals surface area contributed by atoms with Crippen molar-refractivity contribution in [2.75, 3.05) is 5.73 Å². The molecular formula is C15H18N2O. The smallest absolute Gasteiger partial charge is 0.254 e. The monoisotopic (exact) mass is 242 g/mol. The minimum absolute atomic E-state index is 0.173. The van der Waals surface area contributed by atoms with E-state index < -0.39 is 5.54 Å². The first-order chi connectivity index (χ1) is 8.67. The van der Waals surface area contributed by atoms with Crippen LogP contribution in [-0.2, 0) is 0 Å². The highest BCUT2D eigenvalue weighted by atomic mass is 16.1. The van der Waals surface area contributed by atoms with Crippen LogP contribution in [0, 0.1) is 12.3 Å². The van der Waals surface area contributed by atoms with Crippen LogP contribution in [0.25, 0.3) is 0 Å². The van der Waals surface area contributed by atoms with E-state index in [-0.39, 0.29) is 5.91 Å². The second kappa shape index (κ2) is 5.14. The maximum absolute atomic E-state index is 12.2. The molecule has 0 saturated heterocycles. The zero-order valence-corrected chi connectivity index (χ0v) is 10.4. The third kappa shape index (κ3) is 2.48. The van der Waals surface area contributed by atoms with Gasteiger partial charge in [-0.3, -0.25) is 4.79 Å². The maximum Gasteiger partial charge on any atom is 0.254 e. The van der Waals surface area contributed by atoms with Gasteiger partial charge in [0, 0.05) is 5.69 Å². The number of terminal acetylenes is 1. The number of carbonyl (C=O) groups excluding carboxylic acids is 1. The molecule has 0 aromatic heterocycles. The van der Waals surface area contributed by atoms with Crippen molar-refractivity contribution >= 4 is 11.6 Å². The van der Waals surface area contributed by atoms with Crippen molar-refractivity contribution in [3.63, 3.8) is 0 Å². The van der Waals surface area contributed by atoms with Crippen molar-refractivity contribution in [3.05, 3.63) is 29.8 Å². The molecule has 0 aliphatic heterocycles. The third-order valence-electron chi connectivity index (χ3n) is 3.54. The summed E-state index contributed by atoms with van der Waals surface area (Å²) in [6.07, 6.45) is 10.6. The minimum Gasteiger partial charge on any atom is -0.398 e. The second-order valence-electron chi connectivity index (χ2n) is 4.83. The highest BCUT2D eigenvalue weighted by Gasteiger charge is 2.31. The van der Waals surface area contributed by atoms with Gasteiger partial charge < -0.3 is 11.1 Å². The molecule has 1 amide bonds. The molecule has 0 unspecified atom stereocenters. The number of anilines is 1. The summed E-state index contributed by atoms with van der Waals surface area (Å²) in [6, 6.07) is 7.05. The fourth-order valence-corrected chi connectivity index (χ4v) is 2.45. The van der Waals surface area contributed by atoms with Gasteiger partial charge in [0.25, 0.3) is 5.91 Å². The Hall–Kier alpha value is -1.95. The summed E-state index contributed by atoms with van der Waals surface area (Å²) in [7, 11) is 0. The van der Waals surface area contributed by atoms with Gasteiger partial charge >= 0.3 is 0 Å². The van der Waals surface area contributed by atoms with Crippen LogP contribution in [0.1, 0.15) is 42.5 Å². The van der Waals surface area contributed by atoms with Crippen molar-refractivity contribution in [2.45, 2.75) is 37.6 Å².